The van der Waals surface area contributed by atoms with Crippen molar-refractivity contribution in [2.45, 2.75) is 17.9 Å². The number of rotatable bonds is 7. The SMILES string of the molecule is CC(Oc1ccccc1)C(=O)Nc1ccc(S(=O)(=O)Nc2ccccn2)cc1. The third-order valence-corrected chi connectivity index (χ3v) is 5.13. The second-order valence-corrected chi connectivity index (χ2v) is 7.59. The van der Waals surface area contributed by atoms with E-state index in [-0.39, 0.29) is 16.6 Å². The summed E-state index contributed by atoms with van der Waals surface area (Å²) in [5, 5.41) is 2.70. The fourth-order valence-electron chi connectivity index (χ4n) is 2.34. The first-order chi connectivity index (χ1) is 13.4. The zero-order valence-electron chi connectivity index (χ0n) is 15.1. The van der Waals surface area contributed by atoms with Crippen LogP contribution in [0.2, 0.25) is 0 Å². The first-order valence-electron chi connectivity index (χ1n) is 8.50. The van der Waals surface area contributed by atoms with Crippen LogP contribution in [0.5, 0.6) is 5.75 Å². The molecule has 2 aromatic carbocycles. The molecule has 144 valence electrons. The van der Waals surface area contributed by atoms with Crippen LogP contribution in [0.25, 0.3) is 0 Å². The summed E-state index contributed by atoms with van der Waals surface area (Å²) in [6, 6.07) is 19.8. The highest BCUT2D eigenvalue weighted by Gasteiger charge is 2.17. The lowest BCUT2D eigenvalue weighted by molar-refractivity contribution is -0.122. The van der Waals surface area contributed by atoms with E-state index in [0.717, 1.165) is 0 Å². The minimum absolute atomic E-state index is 0.0599. The average Bonchev–Trinajstić information content (AvgIpc) is 2.69. The Balaban J connectivity index is 1.63. The van der Waals surface area contributed by atoms with E-state index in [2.05, 4.69) is 15.0 Å². The highest BCUT2D eigenvalue weighted by Crippen LogP contribution is 2.18. The van der Waals surface area contributed by atoms with Gasteiger partial charge in [-0.25, -0.2) is 13.4 Å². The van der Waals surface area contributed by atoms with Crippen molar-refractivity contribution < 1.29 is 17.9 Å². The smallest absolute Gasteiger partial charge is 0.265 e. The predicted molar refractivity (Wildman–Crippen MR) is 107 cm³/mol. The van der Waals surface area contributed by atoms with Gasteiger partial charge in [0.05, 0.1) is 4.90 Å². The van der Waals surface area contributed by atoms with E-state index in [1.165, 1.54) is 30.5 Å². The minimum Gasteiger partial charge on any atom is -0.481 e. The molecule has 8 heteroatoms. The molecule has 1 aromatic heterocycles. The van der Waals surface area contributed by atoms with Crippen molar-refractivity contribution in [1.29, 1.82) is 0 Å². The number of benzene rings is 2. The van der Waals surface area contributed by atoms with E-state index in [1.54, 1.807) is 37.3 Å². The van der Waals surface area contributed by atoms with Crippen molar-refractivity contribution in [3.8, 4) is 5.75 Å². The Morgan fingerprint density at radius 2 is 1.64 bits per heavy atom. The number of anilines is 2. The maximum atomic E-state index is 12.4. The van der Waals surface area contributed by atoms with Crippen molar-refractivity contribution in [3.05, 3.63) is 79.0 Å². The number of sulfonamides is 1. The Labute approximate surface area is 163 Å². The summed E-state index contributed by atoms with van der Waals surface area (Å²) in [6.07, 6.45) is 0.784. The molecule has 0 saturated carbocycles. The number of carbonyl (C=O) groups excluding carboxylic acids is 1. The fourth-order valence-corrected chi connectivity index (χ4v) is 3.35. The summed E-state index contributed by atoms with van der Waals surface area (Å²) >= 11 is 0. The molecule has 0 saturated heterocycles. The van der Waals surface area contributed by atoms with Crippen LogP contribution in [0.4, 0.5) is 11.5 Å². The van der Waals surface area contributed by atoms with Gasteiger partial charge in [0.15, 0.2) is 6.10 Å². The number of amides is 1. The number of pyridine rings is 1. The molecular formula is C20H19N3O4S. The van der Waals surface area contributed by atoms with Gasteiger partial charge in [0.1, 0.15) is 11.6 Å². The number of aromatic nitrogens is 1. The van der Waals surface area contributed by atoms with E-state index in [9.17, 15) is 13.2 Å². The lowest BCUT2D eigenvalue weighted by Gasteiger charge is -2.15. The van der Waals surface area contributed by atoms with Crippen LogP contribution in [-0.4, -0.2) is 25.4 Å². The van der Waals surface area contributed by atoms with Gasteiger partial charge in [0.25, 0.3) is 15.9 Å². The molecule has 1 unspecified atom stereocenters. The van der Waals surface area contributed by atoms with Crippen molar-refractivity contribution in [1.82, 2.24) is 4.98 Å². The van der Waals surface area contributed by atoms with E-state index < -0.39 is 16.1 Å². The molecule has 1 atom stereocenters. The molecular weight excluding hydrogens is 378 g/mol. The number of ether oxygens (including phenoxy) is 1. The van der Waals surface area contributed by atoms with Gasteiger partial charge in [-0.3, -0.25) is 9.52 Å². The number of hydrogen-bond donors (Lipinski definition) is 2. The third kappa shape index (κ3) is 5.08. The summed E-state index contributed by atoms with van der Waals surface area (Å²) in [4.78, 5) is 16.3. The topological polar surface area (TPSA) is 97.4 Å². The number of para-hydroxylation sites is 1. The molecule has 0 spiro atoms. The van der Waals surface area contributed by atoms with Crippen LogP contribution in [-0.2, 0) is 14.8 Å². The third-order valence-electron chi connectivity index (χ3n) is 3.76. The maximum Gasteiger partial charge on any atom is 0.265 e. The molecule has 3 aromatic rings. The Hall–Kier alpha value is -3.39. The van der Waals surface area contributed by atoms with Gasteiger partial charge in [-0.2, -0.15) is 0 Å². The van der Waals surface area contributed by atoms with Gasteiger partial charge in [-0.15, -0.1) is 0 Å². The first kappa shape index (κ1) is 19.4. The highest BCUT2D eigenvalue weighted by molar-refractivity contribution is 7.92. The molecule has 0 radical (unpaired) electrons. The van der Waals surface area contributed by atoms with Gasteiger partial charge in [0.2, 0.25) is 0 Å². The van der Waals surface area contributed by atoms with Gasteiger partial charge in [-0.1, -0.05) is 24.3 Å². The lowest BCUT2D eigenvalue weighted by atomic mass is 10.3. The zero-order chi connectivity index (χ0) is 20.0. The second-order valence-electron chi connectivity index (χ2n) is 5.91. The first-order valence-corrected chi connectivity index (χ1v) is 9.99. The Morgan fingerprint density at radius 3 is 2.29 bits per heavy atom. The van der Waals surface area contributed by atoms with Crippen molar-refractivity contribution >= 4 is 27.4 Å². The standard InChI is InChI=1S/C20H19N3O4S/c1-15(27-17-7-3-2-4-8-17)20(24)22-16-10-12-18(13-11-16)28(25,26)23-19-9-5-6-14-21-19/h2-15H,1H3,(H,21,23)(H,22,24). The summed E-state index contributed by atoms with van der Waals surface area (Å²) in [6.45, 7) is 1.64. The van der Waals surface area contributed by atoms with Gasteiger partial charge in [-0.05, 0) is 55.5 Å². The van der Waals surface area contributed by atoms with E-state index in [1.807, 2.05) is 18.2 Å². The number of nitrogens with zero attached hydrogens (tertiary/aromatic N) is 1. The summed E-state index contributed by atoms with van der Waals surface area (Å²) in [5.74, 6) is 0.477. The Bertz CT molecular complexity index is 1020. The van der Waals surface area contributed by atoms with Crippen molar-refractivity contribution in [2.75, 3.05) is 10.0 Å². The molecule has 3 rings (SSSR count). The molecule has 1 heterocycles. The summed E-state index contributed by atoms with van der Waals surface area (Å²) < 4.78 is 32.7. The normalized spacial score (nSPS) is 12.0. The summed E-state index contributed by atoms with van der Waals surface area (Å²) in [5.41, 5.74) is 0.463. The van der Waals surface area contributed by atoms with Crippen LogP contribution in [0.1, 0.15) is 6.92 Å². The molecule has 0 fully saturated rings. The molecule has 0 aliphatic rings. The van der Waals surface area contributed by atoms with Gasteiger partial charge >= 0.3 is 0 Å². The van der Waals surface area contributed by atoms with Gasteiger partial charge < -0.3 is 10.1 Å². The van der Waals surface area contributed by atoms with E-state index >= 15 is 0 Å². The van der Waals surface area contributed by atoms with E-state index in [0.29, 0.717) is 11.4 Å². The molecule has 2 N–H and O–H groups in total. The number of hydrogen-bond acceptors (Lipinski definition) is 5. The Morgan fingerprint density at radius 1 is 0.964 bits per heavy atom. The molecule has 0 bridgehead atoms. The molecule has 7 nitrogen and oxygen atoms in total. The Kier molecular flexibility index (Phi) is 5.90. The minimum atomic E-state index is -3.77. The molecule has 0 aliphatic carbocycles. The van der Waals surface area contributed by atoms with E-state index in [4.69, 9.17) is 4.74 Å². The van der Waals surface area contributed by atoms with Crippen molar-refractivity contribution in [3.63, 3.8) is 0 Å². The molecule has 28 heavy (non-hydrogen) atoms. The van der Waals surface area contributed by atoms with Crippen LogP contribution < -0.4 is 14.8 Å². The number of nitrogens with one attached hydrogen (secondary N) is 2. The fraction of sp³-hybridized carbons (Fsp3) is 0.100. The quantitative estimate of drug-likeness (QED) is 0.638. The van der Waals surface area contributed by atoms with Gasteiger partial charge in [0, 0.05) is 11.9 Å². The lowest BCUT2D eigenvalue weighted by Crippen LogP contribution is -2.30. The predicted octanol–water partition coefficient (Wildman–Crippen LogP) is 3.29. The molecule has 1 amide bonds. The summed E-state index contributed by atoms with van der Waals surface area (Å²) in [7, 11) is -3.77. The van der Waals surface area contributed by atoms with Crippen LogP contribution in [0.3, 0.4) is 0 Å². The molecule has 0 aliphatic heterocycles. The van der Waals surface area contributed by atoms with Crippen molar-refractivity contribution in [2.24, 2.45) is 0 Å². The van der Waals surface area contributed by atoms with Crippen LogP contribution in [0.15, 0.2) is 83.9 Å². The highest BCUT2D eigenvalue weighted by atomic mass is 32.2. The van der Waals surface area contributed by atoms with Crippen LogP contribution in [0, 0.1) is 0 Å². The average molecular weight is 397 g/mol. The zero-order valence-corrected chi connectivity index (χ0v) is 15.9. The largest absolute Gasteiger partial charge is 0.481 e. The maximum absolute atomic E-state index is 12.4. The van der Waals surface area contributed by atoms with Crippen LogP contribution >= 0.6 is 0 Å². The number of carbonyl (C=O) groups is 1. The second kappa shape index (κ2) is 8.53. The monoisotopic (exact) mass is 397 g/mol.